The fraction of sp³-hybridized carbons (Fsp3) is 0.471. The van der Waals surface area contributed by atoms with Gasteiger partial charge in [-0.1, -0.05) is 18.7 Å². The topological polar surface area (TPSA) is 99.3 Å². The lowest BCUT2D eigenvalue weighted by atomic mass is 10.0. The van der Waals surface area contributed by atoms with E-state index < -0.39 is 10.0 Å². The Labute approximate surface area is 163 Å². The molecule has 1 N–H and O–H groups in total. The molecule has 0 bridgehead atoms. The molecule has 10 heteroatoms. The second kappa shape index (κ2) is 7.99. The van der Waals surface area contributed by atoms with Crippen LogP contribution in [0.3, 0.4) is 0 Å². The lowest BCUT2D eigenvalue weighted by Gasteiger charge is -2.30. The number of carbonyl (C=O) groups excluding carboxylic acids is 1. The van der Waals surface area contributed by atoms with Gasteiger partial charge in [-0.3, -0.25) is 9.89 Å². The van der Waals surface area contributed by atoms with Crippen molar-refractivity contribution in [2.24, 2.45) is 0 Å². The second-order valence-corrected chi connectivity index (χ2v) is 9.53. The fourth-order valence-corrected chi connectivity index (χ4v) is 4.55. The van der Waals surface area contributed by atoms with Crippen LogP contribution in [-0.2, 0) is 27.7 Å². The maximum absolute atomic E-state index is 12.7. The monoisotopic (exact) mass is 409 g/mol. The van der Waals surface area contributed by atoms with Gasteiger partial charge in [-0.25, -0.2) is 17.7 Å². The van der Waals surface area contributed by atoms with Gasteiger partial charge < -0.3 is 4.90 Å². The smallest absolute Gasteiger partial charge is 0.242 e. The summed E-state index contributed by atoms with van der Waals surface area (Å²) in [4.78, 5) is 19.0. The van der Waals surface area contributed by atoms with E-state index in [-0.39, 0.29) is 16.6 Å². The molecule has 0 unspecified atom stereocenters. The van der Waals surface area contributed by atoms with Gasteiger partial charge >= 0.3 is 0 Å². The molecular weight excluding hydrogens is 386 g/mol. The average molecular weight is 410 g/mol. The van der Waals surface area contributed by atoms with Crippen molar-refractivity contribution < 1.29 is 13.2 Å². The first-order chi connectivity index (χ1) is 12.8. The normalized spacial score (nSPS) is 14.4. The van der Waals surface area contributed by atoms with E-state index >= 15 is 0 Å². The van der Waals surface area contributed by atoms with Crippen molar-refractivity contribution in [2.45, 2.75) is 36.2 Å². The molecule has 146 valence electrons. The number of aromatic nitrogens is 3. The van der Waals surface area contributed by atoms with Gasteiger partial charge in [-0.05, 0) is 36.6 Å². The van der Waals surface area contributed by atoms with E-state index in [1.807, 2.05) is 6.92 Å². The second-order valence-electron chi connectivity index (χ2n) is 6.43. The minimum Gasteiger partial charge on any atom is -0.311 e. The van der Waals surface area contributed by atoms with E-state index in [1.165, 1.54) is 30.2 Å². The molecule has 0 fully saturated rings. The summed E-state index contributed by atoms with van der Waals surface area (Å²) in [6.07, 6.45) is 2.32. The number of benzene rings is 1. The molecule has 1 aromatic carbocycles. The van der Waals surface area contributed by atoms with Gasteiger partial charge in [0.1, 0.15) is 5.82 Å². The number of anilines is 1. The maximum atomic E-state index is 12.7. The standard InChI is InChI=1S/C17H23N5O3S2/c1-4-15-18-17(20-19-15)26-11-16(23)22-9-5-6-12-10-13(7-8-14(12)22)27(24,25)21(2)3/h7-8,10H,4-6,9,11H2,1-3H3,(H,18,19,20). The van der Waals surface area contributed by atoms with E-state index in [9.17, 15) is 13.2 Å². The summed E-state index contributed by atoms with van der Waals surface area (Å²) in [5, 5.41) is 7.48. The molecule has 2 heterocycles. The van der Waals surface area contributed by atoms with Gasteiger partial charge in [0.05, 0.1) is 10.6 Å². The van der Waals surface area contributed by atoms with Crippen LogP contribution in [0.5, 0.6) is 0 Å². The number of sulfonamides is 1. The first-order valence-electron chi connectivity index (χ1n) is 8.73. The Kier molecular flexibility index (Phi) is 5.87. The minimum atomic E-state index is -3.49. The zero-order chi connectivity index (χ0) is 19.6. The molecule has 0 saturated heterocycles. The Balaban J connectivity index is 1.76. The molecule has 1 amide bonds. The zero-order valence-corrected chi connectivity index (χ0v) is 17.2. The molecular formula is C17H23N5O3S2. The Hall–Kier alpha value is -1.91. The van der Waals surface area contributed by atoms with Crippen molar-refractivity contribution in [1.82, 2.24) is 19.5 Å². The van der Waals surface area contributed by atoms with Crippen molar-refractivity contribution in [1.29, 1.82) is 0 Å². The van der Waals surface area contributed by atoms with Gasteiger partial charge in [-0.2, -0.15) is 0 Å². The number of thioether (sulfide) groups is 1. The van der Waals surface area contributed by atoms with E-state index in [0.29, 0.717) is 11.7 Å². The molecule has 0 atom stereocenters. The highest BCUT2D eigenvalue weighted by atomic mass is 32.2. The van der Waals surface area contributed by atoms with Crippen LogP contribution in [0.1, 0.15) is 24.7 Å². The van der Waals surface area contributed by atoms with Crippen LogP contribution >= 0.6 is 11.8 Å². The van der Waals surface area contributed by atoms with Gasteiger partial charge in [0.2, 0.25) is 21.1 Å². The number of amides is 1. The molecule has 2 aromatic rings. The van der Waals surface area contributed by atoms with Crippen LogP contribution in [0.25, 0.3) is 0 Å². The number of hydrogen-bond acceptors (Lipinski definition) is 6. The number of hydrogen-bond donors (Lipinski definition) is 1. The lowest BCUT2D eigenvalue weighted by molar-refractivity contribution is -0.116. The molecule has 8 nitrogen and oxygen atoms in total. The van der Waals surface area contributed by atoms with Crippen LogP contribution in [0.15, 0.2) is 28.3 Å². The minimum absolute atomic E-state index is 0.0352. The number of nitrogens with one attached hydrogen (secondary N) is 1. The molecule has 1 aromatic heterocycles. The Morgan fingerprint density at radius 1 is 1.37 bits per heavy atom. The largest absolute Gasteiger partial charge is 0.311 e. The number of aromatic amines is 1. The molecule has 27 heavy (non-hydrogen) atoms. The molecule has 0 aliphatic carbocycles. The van der Waals surface area contributed by atoms with Crippen LogP contribution in [0.4, 0.5) is 5.69 Å². The molecule has 0 saturated carbocycles. The summed E-state index contributed by atoms with van der Waals surface area (Å²) in [5.74, 6) is 0.993. The van der Waals surface area contributed by atoms with Crippen LogP contribution < -0.4 is 4.90 Å². The SMILES string of the molecule is CCc1nc(SCC(=O)N2CCCc3cc(S(=O)(=O)N(C)C)ccc32)n[nH]1. The molecule has 0 radical (unpaired) electrons. The highest BCUT2D eigenvalue weighted by molar-refractivity contribution is 7.99. The highest BCUT2D eigenvalue weighted by Gasteiger charge is 2.25. The van der Waals surface area contributed by atoms with E-state index in [4.69, 9.17) is 0 Å². The van der Waals surface area contributed by atoms with Crippen molar-refractivity contribution >= 4 is 33.4 Å². The maximum Gasteiger partial charge on any atom is 0.242 e. The number of H-pyrrole nitrogens is 1. The summed E-state index contributed by atoms with van der Waals surface area (Å²) >= 11 is 1.30. The summed E-state index contributed by atoms with van der Waals surface area (Å²) in [6.45, 7) is 2.61. The predicted molar refractivity (Wildman–Crippen MR) is 104 cm³/mol. The molecule has 1 aliphatic heterocycles. The summed E-state index contributed by atoms with van der Waals surface area (Å²) in [6, 6.07) is 4.98. The summed E-state index contributed by atoms with van der Waals surface area (Å²) in [7, 11) is -0.471. The lowest BCUT2D eigenvalue weighted by Crippen LogP contribution is -2.37. The number of rotatable bonds is 6. The third-order valence-electron chi connectivity index (χ3n) is 4.42. The zero-order valence-electron chi connectivity index (χ0n) is 15.6. The third-order valence-corrected chi connectivity index (χ3v) is 7.06. The number of aryl methyl sites for hydroxylation is 2. The predicted octanol–water partition coefficient (Wildman–Crippen LogP) is 1.69. The van der Waals surface area contributed by atoms with Crippen molar-refractivity contribution in [3.8, 4) is 0 Å². The van der Waals surface area contributed by atoms with Crippen LogP contribution in [-0.4, -0.2) is 60.2 Å². The van der Waals surface area contributed by atoms with Crippen LogP contribution in [0.2, 0.25) is 0 Å². The number of carbonyl (C=O) groups is 1. The molecule has 3 rings (SSSR count). The quantitative estimate of drug-likeness (QED) is 0.729. The van der Waals surface area contributed by atoms with Gasteiger partial charge in [0, 0.05) is 32.7 Å². The van der Waals surface area contributed by atoms with Gasteiger partial charge in [-0.15, -0.1) is 5.10 Å². The number of nitrogens with zero attached hydrogens (tertiary/aromatic N) is 4. The Bertz CT molecular complexity index is 940. The van der Waals surface area contributed by atoms with Crippen molar-refractivity contribution in [3.05, 3.63) is 29.6 Å². The van der Waals surface area contributed by atoms with Crippen molar-refractivity contribution in [2.75, 3.05) is 31.3 Å². The Morgan fingerprint density at radius 2 is 2.15 bits per heavy atom. The molecule has 0 spiro atoms. The summed E-state index contributed by atoms with van der Waals surface area (Å²) in [5.41, 5.74) is 1.67. The average Bonchev–Trinajstić information content (AvgIpc) is 3.13. The fourth-order valence-electron chi connectivity index (χ4n) is 2.91. The van der Waals surface area contributed by atoms with E-state index in [0.717, 1.165) is 36.3 Å². The molecule has 1 aliphatic rings. The van der Waals surface area contributed by atoms with E-state index in [2.05, 4.69) is 15.2 Å². The summed E-state index contributed by atoms with van der Waals surface area (Å²) < 4.78 is 25.9. The number of fused-ring (bicyclic) bond motifs is 1. The highest BCUT2D eigenvalue weighted by Crippen LogP contribution is 2.31. The Morgan fingerprint density at radius 3 is 2.81 bits per heavy atom. The van der Waals surface area contributed by atoms with Gasteiger partial charge in [0.25, 0.3) is 0 Å². The van der Waals surface area contributed by atoms with Gasteiger partial charge in [0.15, 0.2) is 0 Å². The first kappa shape index (κ1) is 19.8. The first-order valence-corrected chi connectivity index (χ1v) is 11.2. The van der Waals surface area contributed by atoms with E-state index in [1.54, 1.807) is 23.1 Å². The van der Waals surface area contributed by atoms with Crippen molar-refractivity contribution in [3.63, 3.8) is 0 Å². The van der Waals surface area contributed by atoms with Crippen LogP contribution in [0, 0.1) is 0 Å². The third kappa shape index (κ3) is 4.17.